The van der Waals surface area contributed by atoms with Gasteiger partial charge in [-0.05, 0) is 38.1 Å². The van der Waals surface area contributed by atoms with Gasteiger partial charge in [-0.1, -0.05) is 0 Å². The summed E-state index contributed by atoms with van der Waals surface area (Å²) in [4.78, 5) is 30.8. The minimum atomic E-state index is -1.68. The maximum Gasteiger partial charge on any atom is 0.409 e. The van der Waals surface area contributed by atoms with Gasteiger partial charge in [0.2, 0.25) is 0 Å². The van der Waals surface area contributed by atoms with E-state index in [0.29, 0.717) is 46.9 Å². The summed E-state index contributed by atoms with van der Waals surface area (Å²) in [7, 11) is 1.33. The van der Waals surface area contributed by atoms with Crippen molar-refractivity contribution in [3.05, 3.63) is 60.2 Å². The topological polar surface area (TPSA) is 163 Å². The van der Waals surface area contributed by atoms with E-state index in [1.165, 1.54) is 33.4 Å². The third-order valence-corrected chi connectivity index (χ3v) is 6.80. The molecule has 14 heteroatoms. The van der Waals surface area contributed by atoms with Crippen molar-refractivity contribution in [2.45, 2.75) is 31.7 Å². The number of hydrogen-bond acceptors (Lipinski definition) is 9. The number of ether oxygens (including phenoxy) is 1. The van der Waals surface area contributed by atoms with E-state index in [9.17, 15) is 24.3 Å². The van der Waals surface area contributed by atoms with Crippen LogP contribution in [0.25, 0.3) is 16.9 Å². The van der Waals surface area contributed by atoms with Crippen molar-refractivity contribution in [3.63, 3.8) is 0 Å². The molecule has 1 atom stereocenters. The quantitative estimate of drug-likeness (QED) is 0.293. The first kappa shape index (κ1) is 27.5. The molecule has 3 N–H and O–H groups in total. The number of anilines is 2. The van der Waals surface area contributed by atoms with E-state index >= 15 is 0 Å². The van der Waals surface area contributed by atoms with Crippen molar-refractivity contribution in [2.24, 2.45) is 0 Å². The van der Waals surface area contributed by atoms with Crippen LogP contribution in [0.4, 0.5) is 20.6 Å². The van der Waals surface area contributed by atoms with Crippen LogP contribution in [-0.4, -0.2) is 84.9 Å². The zero-order valence-corrected chi connectivity index (χ0v) is 22.6. The molecule has 4 aromatic rings. The molecule has 0 spiro atoms. The summed E-state index contributed by atoms with van der Waals surface area (Å²) in [5, 5.41) is 33.5. The summed E-state index contributed by atoms with van der Waals surface area (Å²) in [5.74, 6) is -0.588. The molecule has 1 unspecified atom stereocenters. The maximum absolute atomic E-state index is 14.3. The molecule has 1 aliphatic rings. The van der Waals surface area contributed by atoms with Crippen molar-refractivity contribution in [1.82, 2.24) is 34.6 Å². The average molecular weight is 562 g/mol. The first-order chi connectivity index (χ1) is 19.6. The third-order valence-electron chi connectivity index (χ3n) is 6.80. The third kappa shape index (κ3) is 5.66. The number of nitriles is 1. The number of carbonyl (C=O) groups is 2. The summed E-state index contributed by atoms with van der Waals surface area (Å²) < 4.78 is 22.4. The van der Waals surface area contributed by atoms with Gasteiger partial charge in [-0.3, -0.25) is 14.5 Å². The molecule has 212 valence electrons. The van der Waals surface area contributed by atoms with Crippen LogP contribution in [0.3, 0.4) is 0 Å². The number of halogens is 1. The number of hydrogen-bond donors (Lipinski definition) is 3. The van der Waals surface area contributed by atoms with Crippen LogP contribution >= 0.6 is 0 Å². The number of aromatic nitrogens is 5. The Hall–Kier alpha value is -5.03. The molecule has 4 aromatic heterocycles. The Morgan fingerprint density at radius 1 is 1.24 bits per heavy atom. The largest absolute Gasteiger partial charge is 0.453 e. The molecule has 0 aliphatic carbocycles. The van der Waals surface area contributed by atoms with Gasteiger partial charge < -0.3 is 25.4 Å². The number of pyridine rings is 1. The lowest BCUT2D eigenvalue weighted by Gasteiger charge is -2.37. The first-order valence-electron chi connectivity index (χ1n) is 12.7. The number of amides is 2. The molecular weight excluding hydrogens is 533 g/mol. The molecule has 1 fully saturated rings. The zero-order chi connectivity index (χ0) is 29.3. The van der Waals surface area contributed by atoms with Gasteiger partial charge in [0.25, 0.3) is 5.91 Å². The first-order valence-corrected chi connectivity index (χ1v) is 12.7. The van der Waals surface area contributed by atoms with Crippen LogP contribution in [0, 0.1) is 11.3 Å². The number of likely N-dealkylation sites (tertiary alicyclic amines) is 1. The van der Waals surface area contributed by atoms with E-state index in [-0.39, 0.29) is 11.6 Å². The number of nitrogens with one attached hydrogen (secondary N) is 2. The molecule has 5 heterocycles. The van der Waals surface area contributed by atoms with Gasteiger partial charge in [-0.2, -0.15) is 15.5 Å². The molecule has 0 aromatic carbocycles. The highest BCUT2D eigenvalue weighted by molar-refractivity contribution is 6.00. The smallest absolute Gasteiger partial charge is 0.409 e. The lowest BCUT2D eigenvalue weighted by atomic mass is 10.0. The molecule has 5 rings (SSSR count). The van der Waals surface area contributed by atoms with Crippen molar-refractivity contribution in [3.8, 4) is 17.5 Å². The maximum atomic E-state index is 14.3. The average Bonchev–Trinajstić information content (AvgIpc) is 3.56. The van der Waals surface area contributed by atoms with Crippen molar-refractivity contribution in [2.75, 3.05) is 32.1 Å². The van der Waals surface area contributed by atoms with Crippen LogP contribution in [0.2, 0.25) is 0 Å². The van der Waals surface area contributed by atoms with Gasteiger partial charge in [0.05, 0.1) is 77.1 Å². The summed E-state index contributed by atoms with van der Waals surface area (Å²) in [5.41, 5.74) is 1.69. The molecule has 0 bridgehead atoms. The standard InChI is InChI=1S/C27H28FN9O4/c1-27(2,40)24(28)12-31-25(38)20-11-30-22(23-5-4-18-6-16(8-29)9-33-37(18)23)7-21(20)34-17-10-32-36(13-17)19-14-35(15-19)26(39)41-3/h4-7,9-11,13,19,24,40H,12,14-15H2,1-3H3,(H,30,34)(H,31,38). The van der Waals surface area contributed by atoms with Crippen molar-refractivity contribution in [1.29, 1.82) is 5.26 Å². The Bertz CT molecular complexity index is 1650. The molecule has 0 saturated carbocycles. The van der Waals surface area contributed by atoms with Crippen molar-refractivity contribution >= 4 is 28.9 Å². The molecule has 1 aliphatic heterocycles. The molecule has 2 amide bonds. The Labute approximate surface area is 234 Å². The van der Waals surface area contributed by atoms with E-state index < -0.39 is 30.3 Å². The second kappa shape index (κ2) is 10.9. The second-order valence-corrected chi connectivity index (χ2v) is 10.2. The highest BCUT2D eigenvalue weighted by atomic mass is 19.1. The fraction of sp³-hybridized carbons (Fsp3) is 0.333. The minimum Gasteiger partial charge on any atom is -0.453 e. The molecule has 1 saturated heterocycles. The summed E-state index contributed by atoms with van der Waals surface area (Å²) in [6, 6.07) is 9.00. The monoisotopic (exact) mass is 561 g/mol. The number of alkyl halides is 1. The van der Waals surface area contributed by atoms with Crippen LogP contribution in [0.5, 0.6) is 0 Å². The van der Waals surface area contributed by atoms with Gasteiger partial charge in [0, 0.05) is 25.5 Å². The minimum absolute atomic E-state index is 0.0276. The lowest BCUT2D eigenvalue weighted by Crippen LogP contribution is -2.50. The van der Waals surface area contributed by atoms with Crippen LogP contribution in [-0.2, 0) is 4.74 Å². The van der Waals surface area contributed by atoms with Gasteiger partial charge in [0.15, 0.2) is 0 Å². The second-order valence-electron chi connectivity index (χ2n) is 10.2. The van der Waals surface area contributed by atoms with Gasteiger partial charge >= 0.3 is 6.09 Å². The number of methoxy groups -OCH3 is 1. The molecular formula is C27H28FN9O4. The fourth-order valence-electron chi connectivity index (χ4n) is 4.32. The van der Waals surface area contributed by atoms with E-state index in [0.717, 1.165) is 0 Å². The van der Waals surface area contributed by atoms with Gasteiger partial charge in [-0.15, -0.1) is 0 Å². The van der Waals surface area contributed by atoms with E-state index in [4.69, 9.17) is 4.74 Å². The Kier molecular flexibility index (Phi) is 7.29. The predicted octanol–water partition coefficient (Wildman–Crippen LogP) is 2.67. The molecule has 41 heavy (non-hydrogen) atoms. The van der Waals surface area contributed by atoms with Crippen molar-refractivity contribution < 1.29 is 23.8 Å². The molecule has 0 radical (unpaired) electrons. The normalized spacial score (nSPS) is 14.3. The Morgan fingerprint density at radius 3 is 2.73 bits per heavy atom. The summed E-state index contributed by atoms with van der Waals surface area (Å²) in [6.07, 6.45) is 4.08. The highest BCUT2D eigenvalue weighted by Gasteiger charge is 2.33. The Balaban J connectivity index is 1.43. The number of carbonyl (C=O) groups excluding carboxylic acids is 2. The number of nitrogens with zero attached hydrogens (tertiary/aromatic N) is 7. The Morgan fingerprint density at radius 2 is 2.02 bits per heavy atom. The predicted molar refractivity (Wildman–Crippen MR) is 145 cm³/mol. The van der Waals surface area contributed by atoms with Gasteiger partial charge in [0.1, 0.15) is 12.2 Å². The lowest BCUT2D eigenvalue weighted by molar-refractivity contribution is -0.00177. The van der Waals surface area contributed by atoms with Crippen LogP contribution in [0.15, 0.2) is 49.1 Å². The summed E-state index contributed by atoms with van der Waals surface area (Å²) >= 11 is 0. The SMILES string of the molecule is COC(=O)N1CC(n2cc(Nc3cc(-c4ccc5cc(C#N)cnn45)ncc3C(=O)NCC(F)C(C)(C)O)cn2)C1. The fourth-order valence-corrected chi connectivity index (χ4v) is 4.32. The van der Waals surface area contributed by atoms with E-state index in [1.807, 2.05) is 0 Å². The zero-order valence-electron chi connectivity index (χ0n) is 22.6. The number of rotatable bonds is 8. The van der Waals surface area contributed by atoms with Crippen LogP contribution < -0.4 is 10.6 Å². The van der Waals surface area contributed by atoms with E-state index in [2.05, 4.69) is 31.9 Å². The number of aliphatic hydroxyl groups is 1. The number of fused-ring (bicyclic) bond motifs is 1. The van der Waals surface area contributed by atoms with E-state index in [1.54, 1.807) is 50.8 Å². The highest BCUT2D eigenvalue weighted by Crippen LogP contribution is 2.29. The van der Waals surface area contributed by atoms with Crippen LogP contribution in [0.1, 0.15) is 35.8 Å². The van der Waals surface area contributed by atoms with Gasteiger partial charge in [-0.25, -0.2) is 13.7 Å². The summed E-state index contributed by atoms with van der Waals surface area (Å²) in [6.45, 7) is 3.16. The molecule has 13 nitrogen and oxygen atoms in total.